The van der Waals surface area contributed by atoms with Crippen molar-refractivity contribution in [3.8, 4) is 0 Å². The van der Waals surface area contributed by atoms with Crippen LogP contribution in [-0.2, 0) is 6.42 Å². The van der Waals surface area contributed by atoms with Crippen LogP contribution in [-0.4, -0.2) is 27.9 Å². The van der Waals surface area contributed by atoms with E-state index in [2.05, 4.69) is 27.0 Å². The average Bonchev–Trinajstić information content (AvgIpc) is 3.11. The van der Waals surface area contributed by atoms with Gasteiger partial charge in [-0.1, -0.05) is 6.92 Å². The fourth-order valence-corrected chi connectivity index (χ4v) is 2.89. The quantitative estimate of drug-likeness (QED) is 0.863. The van der Waals surface area contributed by atoms with E-state index in [4.69, 9.17) is 0 Å². The van der Waals surface area contributed by atoms with E-state index in [0.717, 1.165) is 12.3 Å². The van der Waals surface area contributed by atoms with Gasteiger partial charge in [0.2, 0.25) is 0 Å². The molecule has 2 unspecified atom stereocenters. The van der Waals surface area contributed by atoms with E-state index < -0.39 is 0 Å². The van der Waals surface area contributed by atoms with Crippen LogP contribution < -0.4 is 5.32 Å². The summed E-state index contributed by atoms with van der Waals surface area (Å²) in [6.07, 6.45) is 8.31. The highest BCUT2D eigenvalue weighted by Crippen LogP contribution is 2.36. The van der Waals surface area contributed by atoms with Crippen molar-refractivity contribution in [1.29, 1.82) is 0 Å². The molecule has 1 saturated heterocycles. The van der Waals surface area contributed by atoms with Crippen molar-refractivity contribution in [3.05, 3.63) is 12.2 Å². The smallest absolute Gasteiger partial charge is 0.133 e. The van der Waals surface area contributed by atoms with Gasteiger partial charge in [0.25, 0.3) is 0 Å². The van der Waals surface area contributed by atoms with Gasteiger partial charge in [-0.15, -0.1) is 10.2 Å². The number of piperidine rings is 1. The molecule has 2 heterocycles. The molecule has 2 fully saturated rings. The molecule has 0 amide bonds. The zero-order valence-corrected chi connectivity index (χ0v) is 10.6. The third kappa shape index (κ3) is 2.51. The largest absolute Gasteiger partial charge is 0.316 e. The van der Waals surface area contributed by atoms with Crippen molar-refractivity contribution in [1.82, 2.24) is 20.1 Å². The monoisotopic (exact) mass is 234 g/mol. The third-order valence-electron chi connectivity index (χ3n) is 4.23. The van der Waals surface area contributed by atoms with Crippen LogP contribution in [0.2, 0.25) is 0 Å². The second-order valence-corrected chi connectivity index (χ2v) is 5.67. The maximum absolute atomic E-state index is 4.30. The summed E-state index contributed by atoms with van der Waals surface area (Å²) in [5, 5.41) is 11.9. The summed E-state index contributed by atoms with van der Waals surface area (Å²) in [6, 6.07) is 0.705. The third-order valence-corrected chi connectivity index (χ3v) is 4.23. The molecular formula is C13H22N4. The van der Waals surface area contributed by atoms with E-state index in [1.807, 2.05) is 6.33 Å². The highest BCUT2D eigenvalue weighted by molar-refractivity contribution is 4.96. The molecule has 94 valence electrons. The Morgan fingerprint density at radius 2 is 2.35 bits per heavy atom. The van der Waals surface area contributed by atoms with Crippen LogP contribution in [0.15, 0.2) is 6.33 Å². The Bertz CT molecular complexity index is 363. The molecule has 1 saturated carbocycles. The van der Waals surface area contributed by atoms with Crippen LogP contribution in [0.1, 0.15) is 44.5 Å². The summed E-state index contributed by atoms with van der Waals surface area (Å²) < 4.78 is 2.30. The maximum atomic E-state index is 4.30. The molecule has 3 rings (SSSR count). The molecule has 1 aliphatic heterocycles. The zero-order chi connectivity index (χ0) is 11.7. The predicted molar refractivity (Wildman–Crippen MR) is 66.8 cm³/mol. The van der Waals surface area contributed by atoms with Gasteiger partial charge in [-0.25, -0.2) is 0 Å². The highest BCUT2D eigenvalue weighted by Gasteiger charge is 2.28. The Labute approximate surface area is 103 Å². The number of rotatable bonds is 4. The van der Waals surface area contributed by atoms with Gasteiger partial charge in [0.15, 0.2) is 0 Å². The fourth-order valence-electron chi connectivity index (χ4n) is 2.89. The second-order valence-electron chi connectivity index (χ2n) is 5.67. The Kier molecular flexibility index (Phi) is 3.14. The number of nitrogens with zero attached hydrogens (tertiary/aromatic N) is 3. The molecule has 2 aliphatic rings. The van der Waals surface area contributed by atoms with Gasteiger partial charge in [-0.05, 0) is 50.6 Å². The van der Waals surface area contributed by atoms with Crippen LogP contribution in [0.5, 0.6) is 0 Å². The lowest BCUT2D eigenvalue weighted by Crippen LogP contribution is -2.34. The second kappa shape index (κ2) is 4.77. The van der Waals surface area contributed by atoms with Crippen LogP contribution in [0.3, 0.4) is 0 Å². The molecule has 1 aromatic rings. The minimum absolute atomic E-state index is 0.705. The van der Waals surface area contributed by atoms with Crippen molar-refractivity contribution in [2.24, 2.45) is 11.8 Å². The summed E-state index contributed by atoms with van der Waals surface area (Å²) in [4.78, 5) is 0. The highest BCUT2D eigenvalue weighted by atomic mass is 15.3. The first-order valence-electron chi connectivity index (χ1n) is 6.93. The molecule has 0 spiro atoms. The molecule has 0 radical (unpaired) electrons. The summed E-state index contributed by atoms with van der Waals surface area (Å²) >= 11 is 0. The average molecular weight is 234 g/mol. The van der Waals surface area contributed by atoms with Crippen molar-refractivity contribution >= 4 is 0 Å². The van der Waals surface area contributed by atoms with Gasteiger partial charge in [0.05, 0.1) is 0 Å². The number of hydrogen-bond donors (Lipinski definition) is 1. The normalized spacial score (nSPS) is 27.0. The van der Waals surface area contributed by atoms with Crippen LogP contribution in [0.25, 0.3) is 0 Å². The molecule has 4 nitrogen and oxygen atoms in total. The van der Waals surface area contributed by atoms with E-state index in [0.29, 0.717) is 12.0 Å². The SMILES string of the molecule is CC(Cc1nncn1C1CC1)C1CCCNC1. The Morgan fingerprint density at radius 1 is 1.47 bits per heavy atom. The van der Waals surface area contributed by atoms with Gasteiger partial charge >= 0.3 is 0 Å². The fraction of sp³-hybridized carbons (Fsp3) is 0.846. The van der Waals surface area contributed by atoms with Gasteiger partial charge in [0.1, 0.15) is 12.2 Å². The Balaban J connectivity index is 1.62. The van der Waals surface area contributed by atoms with Crippen molar-refractivity contribution < 1.29 is 0 Å². The first-order valence-corrected chi connectivity index (χ1v) is 6.93. The standard InChI is InChI=1S/C13H22N4/c1-10(11-3-2-6-14-8-11)7-13-16-15-9-17(13)12-4-5-12/h9-12,14H,2-8H2,1H3. The topological polar surface area (TPSA) is 42.7 Å². The van der Waals surface area contributed by atoms with E-state index in [1.54, 1.807) is 0 Å². The van der Waals surface area contributed by atoms with E-state index >= 15 is 0 Å². The summed E-state index contributed by atoms with van der Waals surface area (Å²) in [5.41, 5.74) is 0. The van der Waals surface area contributed by atoms with Gasteiger partial charge in [-0.2, -0.15) is 0 Å². The molecule has 1 N–H and O–H groups in total. The number of nitrogens with one attached hydrogen (secondary N) is 1. The molecule has 2 atom stereocenters. The van der Waals surface area contributed by atoms with Crippen molar-refractivity contribution in [2.45, 2.75) is 45.1 Å². The van der Waals surface area contributed by atoms with Gasteiger partial charge in [-0.3, -0.25) is 0 Å². The molecule has 17 heavy (non-hydrogen) atoms. The van der Waals surface area contributed by atoms with Crippen molar-refractivity contribution in [3.63, 3.8) is 0 Å². The Hall–Kier alpha value is -0.900. The summed E-state index contributed by atoms with van der Waals surface area (Å²) in [5.74, 6) is 2.73. The van der Waals surface area contributed by atoms with Crippen molar-refractivity contribution in [2.75, 3.05) is 13.1 Å². The Morgan fingerprint density at radius 3 is 3.06 bits per heavy atom. The maximum Gasteiger partial charge on any atom is 0.133 e. The summed E-state index contributed by atoms with van der Waals surface area (Å²) in [7, 11) is 0. The molecular weight excluding hydrogens is 212 g/mol. The molecule has 4 heteroatoms. The molecule has 1 aromatic heterocycles. The lowest BCUT2D eigenvalue weighted by molar-refractivity contribution is 0.274. The first-order chi connectivity index (χ1) is 8.34. The summed E-state index contributed by atoms with van der Waals surface area (Å²) in [6.45, 7) is 4.74. The number of hydrogen-bond acceptors (Lipinski definition) is 3. The predicted octanol–water partition coefficient (Wildman–Crippen LogP) is 1.79. The molecule has 0 bridgehead atoms. The van der Waals surface area contributed by atoms with E-state index in [1.165, 1.54) is 44.6 Å². The minimum atomic E-state index is 0.705. The molecule has 0 aromatic carbocycles. The van der Waals surface area contributed by atoms with E-state index in [9.17, 15) is 0 Å². The molecule has 1 aliphatic carbocycles. The zero-order valence-electron chi connectivity index (χ0n) is 10.6. The minimum Gasteiger partial charge on any atom is -0.316 e. The number of aromatic nitrogens is 3. The van der Waals surface area contributed by atoms with Crippen LogP contribution in [0, 0.1) is 11.8 Å². The van der Waals surface area contributed by atoms with E-state index in [-0.39, 0.29) is 0 Å². The van der Waals surface area contributed by atoms with Crippen LogP contribution >= 0.6 is 0 Å². The lowest BCUT2D eigenvalue weighted by atomic mass is 9.85. The van der Waals surface area contributed by atoms with Gasteiger partial charge < -0.3 is 9.88 Å². The van der Waals surface area contributed by atoms with Crippen LogP contribution in [0.4, 0.5) is 0 Å². The first kappa shape index (κ1) is 11.2. The van der Waals surface area contributed by atoms with Gasteiger partial charge in [0, 0.05) is 12.5 Å². The lowest BCUT2D eigenvalue weighted by Gasteiger charge is -2.28.